The van der Waals surface area contributed by atoms with Gasteiger partial charge in [0.1, 0.15) is 11.5 Å². The lowest BCUT2D eigenvalue weighted by atomic mass is 9.54. The zero-order chi connectivity index (χ0) is 28.1. The summed E-state index contributed by atoms with van der Waals surface area (Å²) in [7, 11) is -0.177. The Labute approximate surface area is 247 Å². The smallest absolute Gasteiger partial charge is 0.299 e. The number of fused-ring (bicyclic) bond motifs is 1. The average Bonchev–Trinajstić information content (AvgIpc) is 2.97. The number of benzene rings is 4. The summed E-state index contributed by atoms with van der Waals surface area (Å²) >= 11 is 0. The molecule has 8 rings (SSSR count). The number of allylic oxidation sites excluding steroid dienone is 1. The summed E-state index contributed by atoms with van der Waals surface area (Å²) < 4.78 is 13.8. The maximum absolute atomic E-state index is 7.41. The van der Waals surface area contributed by atoms with E-state index in [2.05, 4.69) is 112 Å². The lowest BCUT2D eigenvalue weighted by Gasteiger charge is -2.51. The lowest BCUT2D eigenvalue weighted by molar-refractivity contribution is 0.0675. The fraction of sp³-hybridized carbons (Fsp3) is 0.368. The quantitative estimate of drug-likeness (QED) is 0.177. The molecular weight excluding hydrogens is 517 g/mol. The lowest BCUT2D eigenvalue weighted by Crippen LogP contribution is -2.47. The van der Waals surface area contributed by atoms with Crippen LogP contribution in [-0.4, -0.2) is 16.2 Å². The van der Waals surface area contributed by atoms with Crippen molar-refractivity contribution >= 4 is 35.9 Å². The summed E-state index contributed by atoms with van der Waals surface area (Å²) in [6.45, 7) is 6.86. The highest BCUT2D eigenvalue weighted by molar-refractivity contribution is 6.80. The average molecular weight is 559 g/mol. The van der Waals surface area contributed by atoms with Gasteiger partial charge in [0.15, 0.2) is 0 Å². The molecule has 4 fully saturated rings. The van der Waals surface area contributed by atoms with E-state index in [1.165, 1.54) is 58.8 Å². The molecule has 0 spiro atoms. The third kappa shape index (κ3) is 4.93. The van der Waals surface area contributed by atoms with Crippen LogP contribution in [0.25, 0.3) is 16.5 Å². The van der Waals surface area contributed by atoms with Gasteiger partial charge in [-0.1, -0.05) is 106 Å². The van der Waals surface area contributed by atoms with E-state index in [1.54, 1.807) is 5.57 Å². The van der Waals surface area contributed by atoms with Crippen LogP contribution >= 0.6 is 0 Å². The summed E-state index contributed by atoms with van der Waals surface area (Å²) in [5.41, 5.74) is 4.14. The van der Waals surface area contributed by atoms with E-state index in [-0.39, 0.29) is 5.41 Å². The van der Waals surface area contributed by atoms with Gasteiger partial charge in [0.05, 0.1) is 12.7 Å². The fourth-order valence-electron chi connectivity index (χ4n) is 8.22. The van der Waals surface area contributed by atoms with Crippen molar-refractivity contribution in [3.05, 3.63) is 108 Å². The van der Waals surface area contributed by atoms with Crippen molar-refractivity contribution in [3.63, 3.8) is 0 Å². The molecule has 0 radical (unpaired) electrons. The fourth-order valence-corrected chi connectivity index (χ4v) is 10.5. The summed E-state index contributed by atoms with van der Waals surface area (Å²) in [5.74, 6) is 5.22. The Balaban J connectivity index is 1.43. The van der Waals surface area contributed by atoms with Gasteiger partial charge in [-0.15, -0.1) is 0 Å². The molecule has 0 unspecified atom stereocenters. The number of hydrogen-bond donors (Lipinski definition) is 0. The molecule has 0 N–H and O–H groups in total. The summed E-state index contributed by atoms with van der Waals surface area (Å²) in [5, 5.41) is 4.98. The van der Waals surface area contributed by atoms with Crippen molar-refractivity contribution < 1.29 is 9.16 Å². The maximum Gasteiger partial charge on any atom is 0.299 e. The van der Waals surface area contributed by atoms with Gasteiger partial charge in [-0.25, -0.2) is 0 Å². The third-order valence-electron chi connectivity index (χ3n) is 10.0. The van der Waals surface area contributed by atoms with Crippen LogP contribution in [0.2, 0.25) is 0 Å². The minimum atomic E-state index is -2.06. The highest BCUT2D eigenvalue weighted by Gasteiger charge is 2.47. The van der Waals surface area contributed by atoms with E-state index < -0.39 is 9.04 Å². The van der Waals surface area contributed by atoms with Gasteiger partial charge in [-0.05, 0) is 94.2 Å². The van der Waals surface area contributed by atoms with Crippen LogP contribution in [0.15, 0.2) is 96.6 Å². The van der Waals surface area contributed by atoms with Gasteiger partial charge >= 0.3 is 0 Å². The van der Waals surface area contributed by atoms with E-state index in [1.807, 2.05) is 7.11 Å². The van der Waals surface area contributed by atoms with Crippen LogP contribution in [-0.2, 0) is 10.2 Å². The molecule has 41 heavy (non-hydrogen) atoms. The largest absolute Gasteiger partial charge is 0.537 e. The zero-order valence-electron chi connectivity index (χ0n) is 24.9. The van der Waals surface area contributed by atoms with Crippen LogP contribution in [0.3, 0.4) is 0 Å². The highest BCUT2D eigenvalue weighted by Crippen LogP contribution is 2.58. The van der Waals surface area contributed by atoms with Crippen molar-refractivity contribution in [2.24, 2.45) is 23.7 Å². The van der Waals surface area contributed by atoms with Crippen molar-refractivity contribution in [2.45, 2.75) is 58.3 Å². The predicted molar refractivity (Wildman–Crippen MR) is 174 cm³/mol. The van der Waals surface area contributed by atoms with Crippen LogP contribution in [0.1, 0.15) is 64.0 Å². The Morgan fingerprint density at radius 3 is 1.83 bits per heavy atom. The molecule has 4 bridgehead atoms. The monoisotopic (exact) mass is 558 g/mol. The Kier molecular flexibility index (Phi) is 6.82. The first-order valence-corrected chi connectivity index (χ1v) is 17.1. The van der Waals surface area contributed by atoms with E-state index in [0.717, 1.165) is 28.9 Å². The zero-order valence-corrected chi connectivity index (χ0v) is 26.1. The second-order valence-electron chi connectivity index (χ2n) is 13.7. The van der Waals surface area contributed by atoms with Gasteiger partial charge in [-0.2, -0.15) is 0 Å². The molecule has 4 aromatic carbocycles. The minimum absolute atomic E-state index is 0.0826. The van der Waals surface area contributed by atoms with Crippen molar-refractivity contribution in [2.75, 3.05) is 7.11 Å². The molecule has 0 aliphatic heterocycles. The molecule has 0 saturated heterocycles. The number of methoxy groups -OCH3 is 1. The van der Waals surface area contributed by atoms with Crippen molar-refractivity contribution in [1.82, 2.24) is 0 Å². The van der Waals surface area contributed by atoms with Gasteiger partial charge in [0.2, 0.25) is 0 Å². The molecule has 0 heterocycles. The van der Waals surface area contributed by atoms with Crippen LogP contribution in [0.5, 0.6) is 5.75 Å². The van der Waals surface area contributed by atoms with E-state index >= 15 is 0 Å². The Bertz CT molecular complexity index is 1510. The first-order chi connectivity index (χ1) is 19.9. The van der Waals surface area contributed by atoms with Crippen molar-refractivity contribution in [1.29, 1.82) is 0 Å². The number of ether oxygens (including phenoxy) is 1. The van der Waals surface area contributed by atoms with E-state index in [0.29, 0.717) is 11.8 Å². The molecule has 2 nitrogen and oxygen atoms in total. The maximum atomic E-state index is 7.41. The van der Waals surface area contributed by atoms with Gasteiger partial charge in [0.25, 0.3) is 9.04 Å². The summed E-state index contributed by atoms with van der Waals surface area (Å²) in [6, 6.07) is 33.2. The molecule has 210 valence electrons. The second kappa shape index (κ2) is 10.5. The molecule has 3 heteroatoms. The standard InChI is InChI=1S/C38H42O2Si/c1-38(2,3)30-16-18-33-27(24-30)15-17-34(37(39-4)35-28-20-25-19-26(22-28)23-29(35)21-25)36(33)40-41(31-11-7-5-8-12-31)32-13-9-6-10-14-32/h5-18,24-26,28-29,41H,19-23H2,1-4H3. The van der Waals surface area contributed by atoms with Crippen LogP contribution < -0.4 is 14.8 Å². The van der Waals surface area contributed by atoms with Crippen molar-refractivity contribution in [3.8, 4) is 5.75 Å². The normalized spacial score (nSPS) is 23.3. The van der Waals surface area contributed by atoms with Crippen LogP contribution in [0.4, 0.5) is 0 Å². The second-order valence-corrected chi connectivity index (χ2v) is 16.1. The predicted octanol–water partition coefficient (Wildman–Crippen LogP) is 7.87. The van der Waals surface area contributed by atoms with Gasteiger partial charge in [0, 0.05) is 5.39 Å². The van der Waals surface area contributed by atoms with E-state index in [9.17, 15) is 0 Å². The Morgan fingerprint density at radius 1 is 0.707 bits per heavy atom. The summed E-state index contributed by atoms with van der Waals surface area (Å²) in [4.78, 5) is 0. The Morgan fingerprint density at radius 2 is 1.29 bits per heavy atom. The van der Waals surface area contributed by atoms with Crippen LogP contribution in [0, 0.1) is 23.7 Å². The molecule has 4 aromatic rings. The first kappa shape index (κ1) is 26.6. The minimum Gasteiger partial charge on any atom is -0.537 e. The van der Waals surface area contributed by atoms with Gasteiger partial charge < -0.3 is 9.16 Å². The Hall–Kier alpha value is -3.30. The molecular formula is C38H42O2Si. The topological polar surface area (TPSA) is 18.5 Å². The molecule has 0 amide bonds. The summed E-state index contributed by atoms with van der Waals surface area (Å²) in [6.07, 6.45) is 6.78. The SMILES string of the molecule is COC(=C1C2CC3CC(C2)CC1C3)c1ccc2cc(C(C)(C)C)ccc2c1O[SiH](c1ccccc1)c1ccccc1. The first-order valence-electron chi connectivity index (χ1n) is 15.5. The van der Waals surface area contributed by atoms with E-state index in [4.69, 9.17) is 9.16 Å². The number of hydrogen-bond acceptors (Lipinski definition) is 2. The van der Waals surface area contributed by atoms with Gasteiger partial charge in [-0.3, -0.25) is 0 Å². The highest BCUT2D eigenvalue weighted by atomic mass is 28.3. The molecule has 4 saturated carbocycles. The molecule has 4 aliphatic rings. The third-order valence-corrected chi connectivity index (χ3v) is 12.5. The molecule has 0 atom stereocenters. The molecule has 4 aliphatic carbocycles. The molecule has 0 aromatic heterocycles. The number of rotatable bonds is 6.